The summed E-state index contributed by atoms with van der Waals surface area (Å²) in [5, 5.41) is 12.3. The zero-order chi connectivity index (χ0) is 21.9. The Morgan fingerprint density at radius 3 is 2.41 bits per heavy atom. The number of nitrogens with one attached hydrogen (secondary N) is 1. The average molecular weight is 422 g/mol. The van der Waals surface area contributed by atoms with E-state index in [1.54, 1.807) is 39.8 Å². The van der Waals surface area contributed by atoms with Crippen molar-refractivity contribution < 1.29 is 23.8 Å². The molecule has 0 bridgehead atoms. The Hall–Kier alpha value is -2.60. The second-order valence-corrected chi connectivity index (χ2v) is 8.33. The van der Waals surface area contributed by atoms with Crippen molar-refractivity contribution in [3.05, 3.63) is 57.9 Å². The van der Waals surface area contributed by atoms with Crippen molar-refractivity contribution >= 4 is 23.7 Å². The maximum atomic E-state index is 15.0. The van der Waals surface area contributed by atoms with Gasteiger partial charge in [0.05, 0.1) is 12.5 Å². The lowest BCUT2D eigenvalue weighted by Crippen LogP contribution is -2.36. The van der Waals surface area contributed by atoms with Crippen LogP contribution in [0.25, 0.3) is 11.1 Å². The Morgan fingerprint density at radius 1 is 1.21 bits per heavy atom. The molecule has 5 nitrogen and oxygen atoms in total. The Balaban J connectivity index is 2.54. The van der Waals surface area contributed by atoms with Gasteiger partial charge in [0.25, 0.3) is 0 Å². The number of amides is 1. The predicted molar refractivity (Wildman–Crippen MR) is 111 cm³/mol. The second-order valence-electron chi connectivity index (χ2n) is 7.92. The molecule has 0 fully saturated rings. The van der Waals surface area contributed by atoms with E-state index < -0.39 is 35.9 Å². The van der Waals surface area contributed by atoms with Crippen molar-refractivity contribution in [1.29, 1.82) is 0 Å². The summed E-state index contributed by atoms with van der Waals surface area (Å²) >= 11 is 6.35. The standard InChI is InChI=1S/C22H25ClFNO4/c1-12-7-6-8-16(23)19(12)14-9-13(2)20(24)15(10-14)17(11-18(26)27)25-21(28)29-22(3,4)5/h6-10,17H,11H2,1-5H3,(H,25,28)(H,26,27)/t17-/m0/s1. The molecule has 0 heterocycles. The third-order valence-electron chi connectivity index (χ3n) is 4.24. The minimum absolute atomic E-state index is 0.0626. The topological polar surface area (TPSA) is 75.6 Å². The first kappa shape index (κ1) is 22.7. The molecule has 1 atom stereocenters. The largest absolute Gasteiger partial charge is 0.481 e. The minimum atomic E-state index is -1.18. The van der Waals surface area contributed by atoms with Crippen molar-refractivity contribution in [3.63, 3.8) is 0 Å². The number of hydrogen-bond donors (Lipinski definition) is 2. The molecule has 0 radical (unpaired) electrons. The maximum absolute atomic E-state index is 15.0. The highest BCUT2D eigenvalue weighted by Crippen LogP contribution is 2.35. The molecule has 1 amide bonds. The van der Waals surface area contributed by atoms with Gasteiger partial charge in [-0.15, -0.1) is 0 Å². The fourth-order valence-corrected chi connectivity index (χ4v) is 3.39. The van der Waals surface area contributed by atoms with Crippen LogP contribution in [0.1, 0.15) is 49.9 Å². The second kappa shape index (κ2) is 8.82. The van der Waals surface area contributed by atoms with E-state index in [-0.39, 0.29) is 5.56 Å². The monoisotopic (exact) mass is 421 g/mol. The summed E-state index contributed by atoms with van der Waals surface area (Å²) in [7, 11) is 0. The first-order chi connectivity index (χ1) is 13.4. The Labute approximate surface area is 174 Å². The third-order valence-corrected chi connectivity index (χ3v) is 4.55. The van der Waals surface area contributed by atoms with Gasteiger partial charge in [0.2, 0.25) is 0 Å². The normalized spacial score (nSPS) is 12.4. The summed E-state index contributed by atoms with van der Waals surface area (Å²) in [5.41, 5.74) is 1.87. The molecule has 156 valence electrons. The Kier molecular flexibility index (Phi) is 6.90. The van der Waals surface area contributed by atoms with Crippen LogP contribution in [-0.2, 0) is 9.53 Å². The Bertz CT molecular complexity index is 917. The summed E-state index contributed by atoms with van der Waals surface area (Å²) < 4.78 is 20.2. The van der Waals surface area contributed by atoms with Gasteiger partial charge in [-0.2, -0.15) is 0 Å². The molecular formula is C22H25ClFNO4. The van der Waals surface area contributed by atoms with Gasteiger partial charge in [-0.25, -0.2) is 9.18 Å². The van der Waals surface area contributed by atoms with E-state index in [0.717, 1.165) is 11.1 Å². The van der Waals surface area contributed by atoms with E-state index in [1.807, 2.05) is 19.1 Å². The molecule has 29 heavy (non-hydrogen) atoms. The highest BCUT2D eigenvalue weighted by atomic mass is 35.5. The van der Waals surface area contributed by atoms with E-state index >= 15 is 0 Å². The summed E-state index contributed by atoms with van der Waals surface area (Å²) in [6.45, 7) is 8.52. The molecule has 2 rings (SSSR count). The number of aliphatic carboxylic acids is 1. The van der Waals surface area contributed by atoms with Crippen molar-refractivity contribution in [2.45, 2.75) is 52.7 Å². The molecule has 7 heteroatoms. The maximum Gasteiger partial charge on any atom is 0.408 e. The molecule has 0 unspecified atom stereocenters. The van der Waals surface area contributed by atoms with Gasteiger partial charge in [-0.05, 0) is 69.5 Å². The van der Waals surface area contributed by atoms with Crippen LogP contribution in [0.2, 0.25) is 5.02 Å². The van der Waals surface area contributed by atoms with Crippen LogP contribution in [-0.4, -0.2) is 22.8 Å². The lowest BCUT2D eigenvalue weighted by molar-refractivity contribution is -0.137. The van der Waals surface area contributed by atoms with Crippen LogP contribution in [0.15, 0.2) is 30.3 Å². The minimum Gasteiger partial charge on any atom is -0.481 e. The number of halogens is 2. The smallest absolute Gasteiger partial charge is 0.408 e. The van der Waals surface area contributed by atoms with Gasteiger partial charge in [0.1, 0.15) is 11.4 Å². The summed E-state index contributed by atoms with van der Waals surface area (Å²) in [6, 6.07) is 7.50. The third kappa shape index (κ3) is 5.94. The number of alkyl carbamates (subject to hydrolysis) is 1. The van der Waals surface area contributed by atoms with E-state index in [9.17, 15) is 19.1 Å². The summed E-state index contributed by atoms with van der Waals surface area (Å²) in [4.78, 5) is 23.6. The van der Waals surface area contributed by atoms with Crippen LogP contribution >= 0.6 is 11.6 Å². The molecule has 0 aromatic heterocycles. The fraction of sp³-hybridized carbons (Fsp3) is 0.364. The molecule has 0 saturated heterocycles. The van der Waals surface area contributed by atoms with Crippen LogP contribution in [0.5, 0.6) is 0 Å². The summed E-state index contributed by atoms with van der Waals surface area (Å²) in [6.07, 6.45) is -1.32. The van der Waals surface area contributed by atoms with Gasteiger partial charge in [0, 0.05) is 16.1 Å². The van der Waals surface area contributed by atoms with Crippen molar-refractivity contribution in [1.82, 2.24) is 5.32 Å². The summed E-state index contributed by atoms with van der Waals surface area (Å²) in [5.74, 6) is -1.76. The molecule has 0 aliphatic heterocycles. The molecule has 0 aliphatic rings. The van der Waals surface area contributed by atoms with Gasteiger partial charge in [0.15, 0.2) is 0 Å². The molecule has 0 aliphatic carbocycles. The SMILES string of the molecule is Cc1cc(-c2c(C)cccc2Cl)cc([C@H](CC(=O)O)NC(=O)OC(C)(C)C)c1F. The molecule has 2 aromatic carbocycles. The predicted octanol–water partition coefficient (Wildman–Crippen LogP) is 5.80. The van der Waals surface area contributed by atoms with E-state index in [4.69, 9.17) is 16.3 Å². The van der Waals surface area contributed by atoms with Crippen molar-refractivity contribution in [2.24, 2.45) is 0 Å². The number of rotatable bonds is 5. The molecule has 2 N–H and O–H groups in total. The number of carbonyl (C=O) groups is 2. The number of benzene rings is 2. The van der Waals surface area contributed by atoms with E-state index in [0.29, 0.717) is 16.1 Å². The van der Waals surface area contributed by atoms with Crippen LogP contribution in [0, 0.1) is 19.7 Å². The van der Waals surface area contributed by atoms with Gasteiger partial charge >= 0.3 is 12.1 Å². The zero-order valence-electron chi connectivity index (χ0n) is 17.1. The number of carboxylic acids is 1. The number of carboxylic acid groups (broad SMARTS) is 1. The van der Waals surface area contributed by atoms with Crippen molar-refractivity contribution in [3.8, 4) is 11.1 Å². The molecule has 0 saturated carbocycles. The van der Waals surface area contributed by atoms with Crippen LogP contribution in [0.3, 0.4) is 0 Å². The first-order valence-corrected chi connectivity index (χ1v) is 9.53. The van der Waals surface area contributed by atoms with E-state index in [2.05, 4.69) is 5.32 Å². The molecular weight excluding hydrogens is 397 g/mol. The number of aryl methyl sites for hydroxylation is 2. The first-order valence-electron chi connectivity index (χ1n) is 9.16. The zero-order valence-corrected chi connectivity index (χ0v) is 17.9. The fourth-order valence-electron chi connectivity index (χ4n) is 3.06. The van der Waals surface area contributed by atoms with Crippen LogP contribution < -0.4 is 5.32 Å². The van der Waals surface area contributed by atoms with Gasteiger partial charge in [-0.3, -0.25) is 4.79 Å². The molecule has 0 spiro atoms. The van der Waals surface area contributed by atoms with Crippen molar-refractivity contribution in [2.75, 3.05) is 0 Å². The van der Waals surface area contributed by atoms with Gasteiger partial charge in [-0.1, -0.05) is 23.7 Å². The quantitative estimate of drug-likeness (QED) is 0.639. The lowest BCUT2D eigenvalue weighted by Gasteiger charge is -2.24. The number of carbonyl (C=O) groups excluding carboxylic acids is 1. The van der Waals surface area contributed by atoms with Crippen LogP contribution in [0.4, 0.5) is 9.18 Å². The Morgan fingerprint density at radius 2 is 1.86 bits per heavy atom. The van der Waals surface area contributed by atoms with Gasteiger partial charge < -0.3 is 15.2 Å². The molecule has 2 aromatic rings. The van der Waals surface area contributed by atoms with E-state index in [1.165, 1.54) is 6.07 Å². The lowest BCUT2D eigenvalue weighted by atomic mass is 9.93. The number of hydrogen-bond acceptors (Lipinski definition) is 3. The average Bonchev–Trinajstić information content (AvgIpc) is 2.54. The highest BCUT2D eigenvalue weighted by molar-refractivity contribution is 6.33. The number of ether oxygens (including phenoxy) is 1. The highest BCUT2D eigenvalue weighted by Gasteiger charge is 2.26.